The Morgan fingerprint density at radius 3 is 0.583 bits per heavy atom. The first-order valence-electron chi connectivity index (χ1n) is 4.83. The van der Waals surface area contributed by atoms with Crippen molar-refractivity contribution in [2.24, 2.45) is 0 Å². The minimum Gasteiger partial charge on any atom is -0.314 e. The van der Waals surface area contributed by atoms with Crippen LogP contribution in [0, 0.1) is 0 Å². The van der Waals surface area contributed by atoms with Gasteiger partial charge in [-0.25, -0.2) is 0 Å². The van der Waals surface area contributed by atoms with Crippen LogP contribution in [0.15, 0.2) is 0 Å². The van der Waals surface area contributed by atoms with Crippen LogP contribution < -0.4 is 21.3 Å². The highest BCUT2D eigenvalue weighted by atomic mass is 15.0. The van der Waals surface area contributed by atoms with Gasteiger partial charge in [-0.3, -0.25) is 0 Å². The van der Waals surface area contributed by atoms with Crippen LogP contribution in [-0.4, -0.2) is 52.4 Å². The van der Waals surface area contributed by atoms with E-state index < -0.39 is 0 Å². The lowest BCUT2D eigenvalue weighted by atomic mass is 10.4. The molecule has 0 saturated carbocycles. The van der Waals surface area contributed by atoms with Crippen LogP contribution in [0.5, 0.6) is 0 Å². The predicted octanol–water partition coefficient (Wildman–Crippen LogP) is -1.64. The first-order valence-corrected chi connectivity index (χ1v) is 4.83. The molecule has 0 aromatic rings. The highest BCUT2D eigenvalue weighted by Gasteiger charge is 1.92. The highest BCUT2D eigenvalue weighted by molar-refractivity contribution is 4.59. The molecule has 0 radical (unpaired) electrons. The zero-order chi connectivity index (χ0) is 8.49. The van der Waals surface area contributed by atoms with E-state index in [0.717, 1.165) is 52.4 Å². The second-order valence-corrected chi connectivity index (χ2v) is 3.00. The van der Waals surface area contributed by atoms with Gasteiger partial charge in [-0.05, 0) is 0 Å². The monoisotopic (exact) mass is 172 g/mol. The maximum atomic E-state index is 3.22. The molecule has 4 heteroatoms. The van der Waals surface area contributed by atoms with Crippen molar-refractivity contribution in [1.29, 1.82) is 0 Å². The number of piperazine rings is 2. The van der Waals surface area contributed by atoms with E-state index in [0.29, 0.717) is 0 Å². The zero-order valence-electron chi connectivity index (χ0n) is 7.66. The van der Waals surface area contributed by atoms with Crippen molar-refractivity contribution in [3.05, 3.63) is 0 Å². The van der Waals surface area contributed by atoms with Crippen LogP contribution in [0.4, 0.5) is 0 Å². The van der Waals surface area contributed by atoms with Gasteiger partial charge in [0.1, 0.15) is 0 Å². The molecule has 0 aromatic heterocycles. The lowest BCUT2D eigenvalue weighted by Crippen LogP contribution is -2.39. The fourth-order valence-corrected chi connectivity index (χ4v) is 1.21. The van der Waals surface area contributed by atoms with E-state index in [1.807, 2.05) is 0 Å². The Morgan fingerprint density at radius 1 is 0.333 bits per heavy atom. The lowest BCUT2D eigenvalue weighted by molar-refractivity contribution is 0.534. The summed E-state index contributed by atoms with van der Waals surface area (Å²) in [6, 6.07) is 0. The molecular formula is C8H20N4. The Kier molecular flexibility index (Phi) is 6.19. The Hall–Kier alpha value is -0.160. The van der Waals surface area contributed by atoms with Crippen molar-refractivity contribution in [3.8, 4) is 0 Å². The Bertz CT molecular complexity index is 54.0. The molecule has 2 aliphatic heterocycles. The molecule has 0 atom stereocenters. The molecule has 0 aromatic carbocycles. The predicted molar refractivity (Wildman–Crippen MR) is 51.5 cm³/mol. The third-order valence-electron chi connectivity index (χ3n) is 1.91. The van der Waals surface area contributed by atoms with Crippen LogP contribution in [-0.2, 0) is 0 Å². The molecule has 0 aliphatic carbocycles. The number of nitrogens with one attached hydrogen (secondary N) is 4. The summed E-state index contributed by atoms with van der Waals surface area (Å²) in [5.41, 5.74) is 0. The summed E-state index contributed by atoms with van der Waals surface area (Å²) >= 11 is 0. The van der Waals surface area contributed by atoms with E-state index in [9.17, 15) is 0 Å². The van der Waals surface area contributed by atoms with E-state index in [2.05, 4.69) is 21.3 Å². The van der Waals surface area contributed by atoms with Gasteiger partial charge in [-0.15, -0.1) is 0 Å². The van der Waals surface area contributed by atoms with E-state index >= 15 is 0 Å². The van der Waals surface area contributed by atoms with Crippen LogP contribution in [0.25, 0.3) is 0 Å². The highest BCUT2D eigenvalue weighted by Crippen LogP contribution is 1.65. The van der Waals surface area contributed by atoms with Gasteiger partial charge < -0.3 is 21.3 Å². The molecule has 2 heterocycles. The maximum Gasteiger partial charge on any atom is 0.00772 e. The van der Waals surface area contributed by atoms with Crippen LogP contribution in [0.3, 0.4) is 0 Å². The summed E-state index contributed by atoms with van der Waals surface area (Å²) in [5.74, 6) is 0. The van der Waals surface area contributed by atoms with Crippen LogP contribution in [0.1, 0.15) is 0 Å². The van der Waals surface area contributed by atoms with Gasteiger partial charge in [0.25, 0.3) is 0 Å². The summed E-state index contributed by atoms with van der Waals surface area (Å²) in [7, 11) is 0. The molecule has 4 N–H and O–H groups in total. The second-order valence-electron chi connectivity index (χ2n) is 3.00. The van der Waals surface area contributed by atoms with E-state index in [1.165, 1.54) is 0 Å². The molecule has 0 amide bonds. The van der Waals surface area contributed by atoms with Crippen LogP contribution >= 0.6 is 0 Å². The summed E-state index contributed by atoms with van der Waals surface area (Å²) in [5, 5.41) is 12.9. The van der Waals surface area contributed by atoms with Crippen molar-refractivity contribution >= 4 is 0 Å². The van der Waals surface area contributed by atoms with E-state index in [1.54, 1.807) is 0 Å². The summed E-state index contributed by atoms with van der Waals surface area (Å²) < 4.78 is 0. The molecule has 0 spiro atoms. The topological polar surface area (TPSA) is 48.1 Å². The number of rotatable bonds is 0. The largest absolute Gasteiger partial charge is 0.314 e. The third-order valence-corrected chi connectivity index (χ3v) is 1.91. The van der Waals surface area contributed by atoms with Gasteiger partial charge in [0.05, 0.1) is 0 Å². The molecule has 2 fully saturated rings. The van der Waals surface area contributed by atoms with Crippen molar-refractivity contribution < 1.29 is 0 Å². The molecule has 2 saturated heterocycles. The fraction of sp³-hybridized carbons (Fsp3) is 1.00. The fourth-order valence-electron chi connectivity index (χ4n) is 1.21. The summed E-state index contributed by atoms with van der Waals surface area (Å²) in [6.45, 7) is 9.11. The number of hydrogen-bond donors (Lipinski definition) is 4. The van der Waals surface area contributed by atoms with Crippen molar-refractivity contribution in [2.75, 3.05) is 52.4 Å². The quantitative estimate of drug-likeness (QED) is 0.354. The molecule has 0 unspecified atom stereocenters. The standard InChI is InChI=1S/2C4H10N2/c2*1-2-6-4-3-5-1/h2*5-6H,1-4H2. The van der Waals surface area contributed by atoms with E-state index in [-0.39, 0.29) is 0 Å². The van der Waals surface area contributed by atoms with Gasteiger partial charge in [0, 0.05) is 52.4 Å². The smallest absolute Gasteiger partial charge is 0.00772 e. The summed E-state index contributed by atoms with van der Waals surface area (Å²) in [6.07, 6.45) is 0. The molecule has 0 bridgehead atoms. The molecule has 72 valence electrons. The van der Waals surface area contributed by atoms with Crippen molar-refractivity contribution in [1.82, 2.24) is 21.3 Å². The normalized spacial score (nSPS) is 24.0. The first-order chi connectivity index (χ1) is 6.00. The molecular weight excluding hydrogens is 152 g/mol. The van der Waals surface area contributed by atoms with Crippen molar-refractivity contribution in [2.45, 2.75) is 0 Å². The van der Waals surface area contributed by atoms with Gasteiger partial charge in [-0.1, -0.05) is 0 Å². The SMILES string of the molecule is C1CNCCN1.C1CNCCN1. The molecule has 4 nitrogen and oxygen atoms in total. The lowest BCUT2D eigenvalue weighted by Gasteiger charge is -2.11. The summed E-state index contributed by atoms with van der Waals surface area (Å²) in [4.78, 5) is 0. The van der Waals surface area contributed by atoms with Gasteiger partial charge in [-0.2, -0.15) is 0 Å². The first kappa shape index (κ1) is 9.92. The maximum absolute atomic E-state index is 3.22. The molecule has 2 aliphatic rings. The van der Waals surface area contributed by atoms with Gasteiger partial charge in [0.15, 0.2) is 0 Å². The van der Waals surface area contributed by atoms with E-state index in [4.69, 9.17) is 0 Å². The molecule has 2 rings (SSSR count). The van der Waals surface area contributed by atoms with Crippen molar-refractivity contribution in [3.63, 3.8) is 0 Å². The Labute approximate surface area is 74.5 Å². The van der Waals surface area contributed by atoms with Gasteiger partial charge in [0.2, 0.25) is 0 Å². The Morgan fingerprint density at radius 2 is 0.500 bits per heavy atom. The zero-order valence-corrected chi connectivity index (χ0v) is 7.66. The third kappa shape index (κ3) is 5.49. The number of hydrogen-bond acceptors (Lipinski definition) is 4. The minimum atomic E-state index is 1.14. The minimum absolute atomic E-state index is 1.14. The van der Waals surface area contributed by atoms with Crippen LogP contribution in [0.2, 0.25) is 0 Å². The van der Waals surface area contributed by atoms with Gasteiger partial charge >= 0.3 is 0 Å². The Balaban J connectivity index is 0.000000120. The average molecular weight is 172 g/mol. The average Bonchev–Trinajstić information content (AvgIpc) is 2.24. The molecule has 12 heavy (non-hydrogen) atoms. The second kappa shape index (κ2) is 7.49.